The Morgan fingerprint density at radius 1 is 1.07 bits per heavy atom. The molecule has 0 spiro atoms. The fraction of sp³-hybridized carbons (Fsp3) is 0.273. The van der Waals surface area contributed by atoms with E-state index >= 15 is 0 Å². The van der Waals surface area contributed by atoms with Gasteiger partial charge in [-0.2, -0.15) is 5.10 Å². The maximum absolute atomic E-state index is 12.7. The lowest BCUT2D eigenvalue weighted by atomic mass is 10.1. The van der Waals surface area contributed by atoms with E-state index in [1.165, 1.54) is 0 Å². The van der Waals surface area contributed by atoms with Gasteiger partial charge in [0.15, 0.2) is 0 Å². The number of carbonyl (C=O) groups is 1. The minimum atomic E-state index is -0.0223. The van der Waals surface area contributed by atoms with Crippen molar-refractivity contribution in [2.75, 3.05) is 14.2 Å². The molecule has 0 saturated heterocycles. The molecule has 2 aromatic carbocycles. The largest absolute Gasteiger partial charge is 0.497 e. The van der Waals surface area contributed by atoms with Gasteiger partial charge in [0, 0.05) is 37.5 Å². The van der Waals surface area contributed by atoms with Crippen molar-refractivity contribution in [1.82, 2.24) is 14.7 Å². The number of hydrogen-bond acceptors (Lipinski definition) is 4. The number of aryl methyl sites for hydroxylation is 1. The summed E-state index contributed by atoms with van der Waals surface area (Å²) in [5.41, 5.74) is 3.75. The van der Waals surface area contributed by atoms with Crippen molar-refractivity contribution in [2.45, 2.75) is 20.1 Å². The van der Waals surface area contributed by atoms with Crippen LogP contribution in [-0.2, 0) is 20.2 Å². The first-order valence-electron chi connectivity index (χ1n) is 9.06. The zero-order valence-electron chi connectivity index (χ0n) is 16.7. The van der Waals surface area contributed by atoms with Crippen molar-refractivity contribution in [2.24, 2.45) is 7.05 Å². The first-order valence-corrected chi connectivity index (χ1v) is 9.06. The summed E-state index contributed by atoms with van der Waals surface area (Å²) in [6.45, 7) is 2.96. The topological polar surface area (TPSA) is 56.6 Å². The van der Waals surface area contributed by atoms with Gasteiger partial charge in [-0.05, 0) is 48.9 Å². The Morgan fingerprint density at radius 3 is 2.29 bits per heavy atom. The molecule has 0 aliphatic heterocycles. The molecule has 0 unspecified atom stereocenters. The van der Waals surface area contributed by atoms with Gasteiger partial charge in [0.25, 0.3) is 5.91 Å². The van der Waals surface area contributed by atoms with Gasteiger partial charge in [-0.15, -0.1) is 0 Å². The minimum Gasteiger partial charge on any atom is -0.497 e. The lowest BCUT2D eigenvalue weighted by Gasteiger charge is -2.17. The molecule has 0 aliphatic carbocycles. The average molecular weight is 379 g/mol. The monoisotopic (exact) mass is 379 g/mol. The van der Waals surface area contributed by atoms with Gasteiger partial charge in [-0.1, -0.05) is 12.1 Å². The SMILES string of the molecule is COc1ccc(OCc2ccc(C(=O)N(C)Cc3cnn(C)c3C)cc2)cc1. The summed E-state index contributed by atoms with van der Waals surface area (Å²) in [4.78, 5) is 14.4. The van der Waals surface area contributed by atoms with Gasteiger partial charge in [0.2, 0.25) is 0 Å². The number of amides is 1. The van der Waals surface area contributed by atoms with Crippen molar-refractivity contribution < 1.29 is 14.3 Å². The Kier molecular flexibility index (Phi) is 5.99. The molecule has 0 fully saturated rings. The van der Waals surface area contributed by atoms with Crippen LogP contribution in [0, 0.1) is 6.92 Å². The number of aromatic nitrogens is 2. The second kappa shape index (κ2) is 8.61. The summed E-state index contributed by atoms with van der Waals surface area (Å²) in [5, 5.41) is 4.23. The van der Waals surface area contributed by atoms with Crippen LogP contribution in [-0.4, -0.2) is 34.7 Å². The summed E-state index contributed by atoms with van der Waals surface area (Å²) in [7, 11) is 5.33. The number of carbonyl (C=O) groups excluding carboxylic acids is 1. The third-order valence-corrected chi connectivity index (χ3v) is 4.76. The van der Waals surface area contributed by atoms with Gasteiger partial charge in [0.1, 0.15) is 18.1 Å². The molecule has 1 aromatic heterocycles. The molecule has 0 aliphatic rings. The van der Waals surface area contributed by atoms with E-state index in [-0.39, 0.29) is 5.91 Å². The van der Waals surface area contributed by atoms with Crippen molar-refractivity contribution >= 4 is 5.91 Å². The number of hydrogen-bond donors (Lipinski definition) is 0. The Hall–Kier alpha value is -3.28. The number of rotatable bonds is 7. The predicted octanol–water partition coefficient (Wildman–Crippen LogP) is 3.59. The summed E-state index contributed by atoms with van der Waals surface area (Å²) in [5.74, 6) is 1.54. The van der Waals surface area contributed by atoms with Crippen LogP contribution in [0.2, 0.25) is 0 Å². The smallest absolute Gasteiger partial charge is 0.253 e. The van der Waals surface area contributed by atoms with Crippen LogP contribution in [0.4, 0.5) is 0 Å². The van der Waals surface area contributed by atoms with Gasteiger partial charge in [-0.25, -0.2) is 0 Å². The molecule has 0 atom stereocenters. The summed E-state index contributed by atoms with van der Waals surface area (Å²) < 4.78 is 12.7. The molecular weight excluding hydrogens is 354 g/mol. The van der Waals surface area contributed by atoms with E-state index in [1.54, 1.807) is 25.3 Å². The van der Waals surface area contributed by atoms with E-state index in [0.717, 1.165) is 28.3 Å². The fourth-order valence-corrected chi connectivity index (χ4v) is 2.83. The van der Waals surface area contributed by atoms with E-state index in [1.807, 2.05) is 67.2 Å². The lowest BCUT2D eigenvalue weighted by Crippen LogP contribution is -2.26. The molecule has 0 N–H and O–H groups in total. The lowest BCUT2D eigenvalue weighted by molar-refractivity contribution is 0.0785. The van der Waals surface area contributed by atoms with Crippen molar-refractivity contribution in [3.63, 3.8) is 0 Å². The maximum Gasteiger partial charge on any atom is 0.253 e. The quantitative estimate of drug-likeness (QED) is 0.630. The number of nitrogens with zero attached hydrogens (tertiary/aromatic N) is 3. The first-order chi connectivity index (χ1) is 13.5. The zero-order chi connectivity index (χ0) is 20.1. The van der Waals surface area contributed by atoms with Crippen molar-refractivity contribution in [1.29, 1.82) is 0 Å². The standard InChI is InChI=1S/C22H25N3O3/c1-16-19(13-23-25(16)3)14-24(2)22(26)18-7-5-17(6-8-18)15-28-21-11-9-20(27-4)10-12-21/h5-13H,14-15H2,1-4H3. The molecule has 0 saturated carbocycles. The predicted molar refractivity (Wildman–Crippen MR) is 108 cm³/mol. The summed E-state index contributed by atoms with van der Waals surface area (Å²) in [6, 6.07) is 15.0. The zero-order valence-corrected chi connectivity index (χ0v) is 16.7. The average Bonchev–Trinajstić information content (AvgIpc) is 3.04. The van der Waals surface area contributed by atoms with E-state index < -0.39 is 0 Å². The van der Waals surface area contributed by atoms with Crippen molar-refractivity contribution in [3.8, 4) is 11.5 Å². The molecular formula is C22H25N3O3. The second-order valence-corrected chi connectivity index (χ2v) is 6.70. The number of methoxy groups -OCH3 is 1. The maximum atomic E-state index is 12.7. The number of ether oxygens (including phenoxy) is 2. The van der Waals surface area contributed by atoms with Crippen LogP contribution in [0.25, 0.3) is 0 Å². The molecule has 3 rings (SSSR count). The molecule has 3 aromatic rings. The van der Waals surface area contributed by atoms with E-state index in [2.05, 4.69) is 5.10 Å². The Morgan fingerprint density at radius 2 is 1.71 bits per heavy atom. The van der Waals surface area contributed by atoms with Gasteiger partial charge >= 0.3 is 0 Å². The highest BCUT2D eigenvalue weighted by molar-refractivity contribution is 5.94. The first kappa shape index (κ1) is 19.5. The third-order valence-electron chi connectivity index (χ3n) is 4.76. The summed E-state index contributed by atoms with van der Waals surface area (Å²) in [6.07, 6.45) is 1.80. The van der Waals surface area contributed by atoms with Gasteiger partial charge in [0.05, 0.1) is 13.3 Å². The van der Waals surface area contributed by atoms with Crippen LogP contribution < -0.4 is 9.47 Å². The molecule has 6 heteroatoms. The minimum absolute atomic E-state index is 0.0223. The molecule has 0 bridgehead atoms. The molecule has 6 nitrogen and oxygen atoms in total. The van der Waals surface area contributed by atoms with Crippen LogP contribution in [0.15, 0.2) is 54.7 Å². The highest BCUT2D eigenvalue weighted by Crippen LogP contribution is 2.18. The van der Waals surface area contributed by atoms with Gasteiger partial charge < -0.3 is 14.4 Å². The van der Waals surface area contributed by atoms with Crippen LogP contribution in [0.1, 0.15) is 27.2 Å². The highest BCUT2D eigenvalue weighted by atomic mass is 16.5. The third kappa shape index (κ3) is 4.52. The molecule has 1 amide bonds. The molecule has 28 heavy (non-hydrogen) atoms. The van der Waals surface area contributed by atoms with E-state index in [0.29, 0.717) is 18.7 Å². The Balaban J connectivity index is 1.58. The summed E-state index contributed by atoms with van der Waals surface area (Å²) >= 11 is 0. The van der Waals surface area contributed by atoms with Crippen LogP contribution in [0.5, 0.6) is 11.5 Å². The van der Waals surface area contributed by atoms with Crippen LogP contribution >= 0.6 is 0 Å². The van der Waals surface area contributed by atoms with Gasteiger partial charge in [-0.3, -0.25) is 9.48 Å². The Bertz CT molecular complexity index is 931. The van der Waals surface area contributed by atoms with E-state index in [9.17, 15) is 4.79 Å². The number of benzene rings is 2. The van der Waals surface area contributed by atoms with Crippen LogP contribution in [0.3, 0.4) is 0 Å². The molecule has 1 heterocycles. The molecule has 0 radical (unpaired) electrons. The highest BCUT2D eigenvalue weighted by Gasteiger charge is 2.14. The van der Waals surface area contributed by atoms with Crippen molar-refractivity contribution in [3.05, 3.63) is 77.1 Å². The fourth-order valence-electron chi connectivity index (χ4n) is 2.83. The van der Waals surface area contributed by atoms with E-state index in [4.69, 9.17) is 9.47 Å². The normalized spacial score (nSPS) is 10.6. The second-order valence-electron chi connectivity index (χ2n) is 6.70. The molecule has 146 valence electrons. The Labute approximate surface area is 165 Å².